The molecule has 0 saturated heterocycles. The van der Waals surface area contributed by atoms with Gasteiger partial charge in [0.25, 0.3) is 0 Å². The van der Waals surface area contributed by atoms with Gasteiger partial charge in [-0.05, 0) is 43.9 Å². The van der Waals surface area contributed by atoms with Gasteiger partial charge in [0.05, 0.1) is 11.9 Å². The fourth-order valence-corrected chi connectivity index (χ4v) is 3.04. The fourth-order valence-electron chi connectivity index (χ4n) is 3.04. The molecule has 1 aromatic heterocycles. The van der Waals surface area contributed by atoms with E-state index < -0.39 is 5.60 Å². The first-order valence-corrected chi connectivity index (χ1v) is 7.18. The van der Waals surface area contributed by atoms with Crippen LogP contribution in [0.4, 0.5) is 0 Å². The quantitative estimate of drug-likeness (QED) is 0.895. The zero-order chi connectivity index (χ0) is 13.2. The Kier molecular flexibility index (Phi) is 4.05. The van der Waals surface area contributed by atoms with Crippen LogP contribution in [0.5, 0.6) is 0 Å². The van der Waals surface area contributed by atoms with Crippen LogP contribution < -0.4 is 0 Å². The summed E-state index contributed by atoms with van der Waals surface area (Å²) in [5, 5.41) is 18.9. The Hall–Kier alpha value is -0.900. The van der Waals surface area contributed by atoms with Gasteiger partial charge in [-0.1, -0.05) is 26.0 Å². The van der Waals surface area contributed by atoms with Gasteiger partial charge in [0.1, 0.15) is 5.60 Å². The predicted molar refractivity (Wildman–Crippen MR) is 71.0 cm³/mol. The van der Waals surface area contributed by atoms with Gasteiger partial charge in [0.2, 0.25) is 0 Å². The molecule has 1 N–H and O–H groups in total. The van der Waals surface area contributed by atoms with Crippen molar-refractivity contribution in [1.29, 1.82) is 0 Å². The Morgan fingerprint density at radius 1 is 1.44 bits per heavy atom. The summed E-state index contributed by atoms with van der Waals surface area (Å²) in [5.41, 5.74) is 0.205. The van der Waals surface area contributed by atoms with Crippen molar-refractivity contribution in [3.05, 3.63) is 11.9 Å². The van der Waals surface area contributed by atoms with Crippen LogP contribution in [0.15, 0.2) is 6.20 Å². The summed E-state index contributed by atoms with van der Waals surface area (Å²) in [5.74, 6) is 1.47. The molecule has 1 saturated carbocycles. The monoisotopic (exact) mass is 251 g/mol. The summed E-state index contributed by atoms with van der Waals surface area (Å²) in [6.07, 6.45) is 6.64. The maximum absolute atomic E-state index is 10.8. The number of hydrogen-bond donors (Lipinski definition) is 1. The molecule has 1 aliphatic carbocycles. The Morgan fingerprint density at radius 2 is 2.11 bits per heavy atom. The molecule has 0 amide bonds. The van der Waals surface area contributed by atoms with Crippen molar-refractivity contribution < 1.29 is 5.11 Å². The molecule has 1 aliphatic rings. The van der Waals surface area contributed by atoms with E-state index in [2.05, 4.69) is 31.1 Å². The standard InChI is InChI=1S/C14H25N3O/c1-4-9-17-13(10-15-16-17)14(18)7-5-12(6-8-14)11(2)3/h10-12,18H,4-9H2,1-3H3. The zero-order valence-corrected chi connectivity index (χ0v) is 11.8. The van der Waals surface area contributed by atoms with Gasteiger partial charge >= 0.3 is 0 Å². The van der Waals surface area contributed by atoms with Crippen LogP contribution in [0, 0.1) is 11.8 Å². The van der Waals surface area contributed by atoms with Crippen molar-refractivity contribution in [2.24, 2.45) is 11.8 Å². The van der Waals surface area contributed by atoms with Crippen LogP contribution in [0.1, 0.15) is 58.6 Å². The summed E-state index contributed by atoms with van der Waals surface area (Å²) in [4.78, 5) is 0. The number of hydrogen-bond acceptors (Lipinski definition) is 3. The molecule has 2 rings (SSSR count). The van der Waals surface area contributed by atoms with E-state index in [-0.39, 0.29) is 0 Å². The Bertz CT molecular complexity index is 378. The van der Waals surface area contributed by atoms with E-state index in [1.54, 1.807) is 6.20 Å². The number of rotatable bonds is 4. The molecule has 0 aliphatic heterocycles. The first-order valence-electron chi connectivity index (χ1n) is 7.18. The third kappa shape index (κ3) is 2.58. The Balaban J connectivity index is 2.10. The van der Waals surface area contributed by atoms with E-state index >= 15 is 0 Å². The van der Waals surface area contributed by atoms with E-state index in [1.807, 2.05) is 4.68 Å². The number of aryl methyl sites for hydroxylation is 1. The molecule has 4 nitrogen and oxygen atoms in total. The SMILES string of the molecule is CCCn1nncc1C1(O)CCC(C(C)C)CC1. The second kappa shape index (κ2) is 5.39. The van der Waals surface area contributed by atoms with E-state index in [9.17, 15) is 5.11 Å². The molecule has 1 heterocycles. The van der Waals surface area contributed by atoms with Crippen LogP contribution in [0.3, 0.4) is 0 Å². The molecule has 0 aromatic carbocycles. The highest BCUT2D eigenvalue weighted by Gasteiger charge is 2.38. The molecule has 4 heteroatoms. The van der Waals surface area contributed by atoms with Crippen molar-refractivity contribution in [2.75, 3.05) is 0 Å². The molecule has 102 valence electrons. The zero-order valence-electron chi connectivity index (χ0n) is 11.8. The third-order valence-corrected chi connectivity index (χ3v) is 4.33. The second-order valence-corrected chi connectivity index (χ2v) is 5.96. The third-order valence-electron chi connectivity index (χ3n) is 4.33. The average Bonchev–Trinajstić information content (AvgIpc) is 2.79. The summed E-state index contributed by atoms with van der Waals surface area (Å²) >= 11 is 0. The van der Waals surface area contributed by atoms with Crippen LogP contribution in [0.25, 0.3) is 0 Å². The van der Waals surface area contributed by atoms with Gasteiger partial charge in [-0.3, -0.25) is 0 Å². The number of aliphatic hydroxyl groups is 1. The molecule has 0 atom stereocenters. The minimum absolute atomic E-state index is 0.704. The summed E-state index contributed by atoms with van der Waals surface area (Å²) in [6.45, 7) is 7.51. The van der Waals surface area contributed by atoms with Gasteiger partial charge < -0.3 is 5.11 Å². The van der Waals surface area contributed by atoms with E-state index in [4.69, 9.17) is 0 Å². The Morgan fingerprint density at radius 3 is 2.67 bits per heavy atom. The lowest BCUT2D eigenvalue weighted by Gasteiger charge is -2.37. The van der Waals surface area contributed by atoms with Crippen molar-refractivity contribution >= 4 is 0 Å². The van der Waals surface area contributed by atoms with Crippen molar-refractivity contribution in [2.45, 2.75) is 65.0 Å². The highest BCUT2D eigenvalue weighted by Crippen LogP contribution is 2.41. The predicted octanol–water partition coefficient (Wildman–Crippen LogP) is 2.72. The molecule has 18 heavy (non-hydrogen) atoms. The van der Waals surface area contributed by atoms with Crippen molar-refractivity contribution in [3.63, 3.8) is 0 Å². The largest absolute Gasteiger partial charge is 0.384 e. The van der Waals surface area contributed by atoms with Gasteiger partial charge in [0, 0.05) is 6.54 Å². The maximum atomic E-state index is 10.8. The van der Waals surface area contributed by atoms with Gasteiger partial charge in [-0.2, -0.15) is 0 Å². The molecule has 0 radical (unpaired) electrons. The minimum atomic E-state index is -0.704. The maximum Gasteiger partial charge on any atom is 0.108 e. The lowest BCUT2D eigenvalue weighted by Crippen LogP contribution is -2.35. The highest BCUT2D eigenvalue weighted by atomic mass is 16.3. The molecular weight excluding hydrogens is 226 g/mol. The van der Waals surface area contributed by atoms with Crippen LogP contribution in [-0.4, -0.2) is 20.1 Å². The highest BCUT2D eigenvalue weighted by molar-refractivity contribution is 5.09. The second-order valence-electron chi connectivity index (χ2n) is 5.96. The number of aromatic nitrogens is 3. The van der Waals surface area contributed by atoms with Crippen LogP contribution >= 0.6 is 0 Å². The molecule has 1 aromatic rings. The fraction of sp³-hybridized carbons (Fsp3) is 0.857. The summed E-state index contributed by atoms with van der Waals surface area (Å²) < 4.78 is 1.87. The summed E-state index contributed by atoms with van der Waals surface area (Å²) in [6, 6.07) is 0. The van der Waals surface area contributed by atoms with Crippen molar-refractivity contribution in [1.82, 2.24) is 15.0 Å². The van der Waals surface area contributed by atoms with E-state index in [0.29, 0.717) is 5.92 Å². The van der Waals surface area contributed by atoms with Crippen LogP contribution in [-0.2, 0) is 12.1 Å². The minimum Gasteiger partial charge on any atom is -0.384 e. The van der Waals surface area contributed by atoms with Crippen LogP contribution in [0.2, 0.25) is 0 Å². The van der Waals surface area contributed by atoms with Gasteiger partial charge in [0.15, 0.2) is 0 Å². The molecular formula is C14H25N3O. The first kappa shape index (κ1) is 13.5. The van der Waals surface area contributed by atoms with Gasteiger partial charge in [-0.25, -0.2) is 4.68 Å². The summed E-state index contributed by atoms with van der Waals surface area (Å²) in [7, 11) is 0. The first-order chi connectivity index (χ1) is 8.57. The number of nitrogens with zero attached hydrogens (tertiary/aromatic N) is 3. The topological polar surface area (TPSA) is 50.9 Å². The van der Waals surface area contributed by atoms with Crippen molar-refractivity contribution in [3.8, 4) is 0 Å². The molecule has 0 spiro atoms. The molecule has 0 bridgehead atoms. The smallest absolute Gasteiger partial charge is 0.108 e. The lowest BCUT2D eigenvalue weighted by atomic mass is 9.73. The van der Waals surface area contributed by atoms with Gasteiger partial charge in [-0.15, -0.1) is 5.10 Å². The molecule has 1 fully saturated rings. The Labute approximate surface area is 109 Å². The molecule has 0 unspecified atom stereocenters. The average molecular weight is 251 g/mol. The lowest BCUT2D eigenvalue weighted by molar-refractivity contribution is -0.0272. The normalized spacial score (nSPS) is 28.8. The van der Waals surface area contributed by atoms with E-state index in [0.717, 1.165) is 50.3 Å². The van der Waals surface area contributed by atoms with E-state index in [1.165, 1.54) is 0 Å².